The highest BCUT2D eigenvalue weighted by molar-refractivity contribution is 6.30. The van der Waals surface area contributed by atoms with Crippen molar-refractivity contribution in [2.75, 3.05) is 0 Å². The van der Waals surface area contributed by atoms with Crippen molar-refractivity contribution in [1.29, 1.82) is 5.26 Å². The summed E-state index contributed by atoms with van der Waals surface area (Å²) >= 11 is 5.96. The van der Waals surface area contributed by atoms with Crippen LogP contribution in [0.5, 0.6) is 0 Å². The number of benzene rings is 2. The summed E-state index contributed by atoms with van der Waals surface area (Å²) in [5.41, 5.74) is 2.21. The van der Waals surface area contributed by atoms with Crippen LogP contribution in [0.1, 0.15) is 43.7 Å². The lowest BCUT2D eigenvalue weighted by Crippen LogP contribution is -2.24. The molecule has 0 bridgehead atoms. The van der Waals surface area contributed by atoms with Crippen molar-refractivity contribution in [3.8, 4) is 6.07 Å². The van der Waals surface area contributed by atoms with Gasteiger partial charge in [0.2, 0.25) is 0 Å². The van der Waals surface area contributed by atoms with Crippen molar-refractivity contribution in [2.45, 2.75) is 32.6 Å². The van der Waals surface area contributed by atoms with Gasteiger partial charge in [-0.1, -0.05) is 74.8 Å². The Bertz CT molecular complexity index is 617. The molecule has 0 spiro atoms. The largest absolute Gasteiger partial charge is 0.198 e. The molecule has 21 heavy (non-hydrogen) atoms. The molecule has 2 heteroatoms. The third kappa shape index (κ3) is 3.65. The molecule has 108 valence electrons. The Morgan fingerprint density at radius 1 is 0.905 bits per heavy atom. The predicted molar refractivity (Wildman–Crippen MR) is 88.4 cm³/mol. The van der Waals surface area contributed by atoms with Crippen molar-refractivity contribution in [2.24, 2.45) is 5.41 Å². The molecule has 0 radical (unpaired) electrons. The highest BCUT2D eigenvalue weighted by Crippen LogP contribution is 2.45. The van der Waals surface area contributed by atoms with Crippen LogP contribution in [0, 0.1) is 16.7 Å². The average molecular weight is 298 g/mol. The maximum atomic E-state index is 9.76. The van der Waals surface area contributed by atoms with Gasteiger partial charge >= 0.3 is 0 Å². The predicted octanol–water partition coefficient (Wildman–Crippen LogP) is 5.78. The molecule has 2 atom stereocenters. The van der Waals surface area contributed by atoms with E-state index in [0.717, 1.165) is 5.56 Å². The monoisotopic (exact) mass is 297 g/mol. The number of halogens is 1. The maximum Gasteiger partial charge on any atom is 0.0786 e. The standard InChI is InChI=1S/C19H20ClN/c1-19(2,3)18(15-7-5-4-6-8-15)17(13-21)14-9-11-16(20)12-10-14/h4-12,17-18H,1-3H3. The molecule has 0 saturated carbocycles. The molecule has 0 amide bonds. The van der Waals surface area contributed by atoms with E-state index in [1.165, 1.54) is 5.56 Å². The Labute approximate surface area is 132 Å². The molecule has 2 rings (SSSR count). The quantitative estimate of drug-likeness (QED) is 0.704. The summed E-state index contributed by atoms with van der Waals surface area (Å²) in [7, 11) is 0. The summed E-state index contributed by atoms with van der Waals surface area (Å²) in [6, 6.07) is 20.4. The van der Waals surface area contributed by atoms with E-state index in [0.29, 0.717) is 5.02 Å². The highest BCUT2D eigenvalue weighted by atomic mass is 35.5. The summed E-state index contributed by atoms with van der Waals surface area (Å²) in [5.74, 6) is -0.0606. The van der Waals surface area contributed by atoms with Crippen LogP contribution in [-0.4, -0.2) is 0 Å². The molecule has 0 heterocycles. The zero-order valence-corrected chi connectivity index (χ0v) is 13.4. The lowest BCUT2D eigenvalue weighted by molar-refractivity contribution is 0.302. The number of rotatable bonds is 3. The van der Waals surface area contributed by atoms with Crippen molar-refractivity contribution < 1.29 is 0 Å². The molecule has 0 saturated heterocycles. The fraction of sp³-hybridized carbons (Fsp3) is 0.316. The minimum atomic E-state index is -0.190. The fourth-order valence-electron chi connectivity index (χ4n) is 2.86. The summed E-state index contributed by atoms with van der Waals surface area (Å²) < 4.78 is 0. The first kappa shape index (κ1) is 15.6. The zero-order valence-electron chi connectivity index (χ0n) is 12.7. The second kappa shape index (κ2) is 6.33. The molecule has 2 aromatic rings. The van der Waals surface area contributed by atoms with Crippen LogP contribution >= 0.6 is 11.6 Å². The Kier molecular flexibility index (Phi) is 4.70. The lowest BCUT2D eigenvalue weighted by Gasteiger charge is -2.34. The minimum absolute atomic E-state index is 0.0125. The normalized spacial score (nSPS) is 14.2. The van der Waals surface area contributed by atoms with E-state index in [-0.39, 0.29) is 17.3 Å². The third-order valence-corrected chi connectivity index (χ3v) is 4.05. The Hall–Kier alpha value is -1.78. The van der Waals surface area contributed by atoms with E-state index < -0.39 is 0 Å². The molecule has 0 aliphatic rings. The van der Waals surface area contributed by atoms with Gasteiger partial charge in [0, 0.05) is 10.9 Å². The second-order valence-electron chi connectivity index (χ2n) is 6.41. The first-order valence-electron chi connectivity index (χ1n) is 7.13. The van der Waals surface area contributed by atoms with Gasteiger partial charge in [-0.25, -0.2) is 0 Å². The van der Waals surface area contributed by atoms with Crippen LogP contribution in [0.4, 0.5) is 0 Å². The van der Waals surface area contributed by atoms with Crippen LogP contribution in [0.15, 0.2) is 54.6 Å². The van der Waals surface area contributed by atoms with Crippen LogP contribution < -0.4 is 0 Å². The minimum Gasteiger partial charge on any atom is -0.198 e. The third-order valence-electron chi connectivity index (χ3n) is 3.79. The zero-order chi connectivity index (χ0) is 15.5. The summed E-state index contributed by atoms with van der Waals surface area (Å²) in [4.78, 5) is 0. The molecule has 1 nitrogen and oxygen atoms in total. The first-order valence-corrected chi connectivity index (χ1v) is 7.51. The van der Waals surface area contributed by atoms with E-state index in [2.05, 4.69) is 39.0 Å². The van der Waals surface area contributed by atoms with Crippen LogP contribution in [0.2, 0.25) is 5.02 Å². The number of nitrogens with zero attached hydrogens (tertiary/aromatic N) is 1. The molecular weight excluding hydrogens is 278 g/mol. The van der Waals surface area contributed by atoms with Gasteiger partial charge in [-0.2, -0.15) is 5.26 Å². The maximum absolute atomic E-state index is 9.76. The van der Waals surface area contributed by atoms with Gasteiger partial charge in [0.25, 0.3) is 0 Å². The van der Waals surface area contributed by atoms with E-state index in [9.17, 15) is 5.26 Å². The molecule has 2 aromatic carbocycles. The topological polar surface area (TPSA) is 23.8 Å². The first-order chi connectivity index (χ1) is 9.93. The smallest absolute Gasteiger partial charge is 0.0786 e. The molecule has 0 N–H and O–H groups in total. The van der Waals surface area contributed by atoms with Crippen molar-refractivity contribution >= 4 is 11.6 Å². The van der Waals surface area contributed by atoms with Gasteiger partial charge < -0.3 is 0 Å². The van der Waals surface area contributed by atoms with Gasteiger partial charge in [0.1, 0.15) is 0 Å². The number of hydrogen-bond acceptors (Lipinski definition) is 1. The number of nitriles is 1. The number of hydrogen-bond donors (Lipinski definition) is 0. The van der Waals surface area contributed by atoms with E-state index in [1.807, 2.05) is 42.5 Å². The van der Waals surface area contributed by atoms with Gasteiger partial charge in [0.05, 0.1) is 12.0 Å². The van der Waals surface area contributed by atoms with Gasteiger partial charge in [-0.15, -0.1) is 0 Å². The molecular formula is C19H20ClN. The van der Waals surface area contributed by atoms with Gasteiger partial charge in [-0.3, -0.25) is 0 Å². The summed E-state index contributed by atoms with van der Waals surface area (Å²) in [6.45, 7) is 6.56. The molecule has 0 aliphatic carbocycles. The van der Waals surface area contributed by atoms with Crippen LogP contribution in [-0.2, 0) is 0 Å². The van der Waals surface area contributed by atoms with Gasteiger partial charge in [-0.05, 0) is 28.7 Å². The van der Waals surface area contributed by atoms with E-state index in [1.54, 1.807) is 0 Å². The van der Waals surface area contributed by atoms with Crippen molar-refractivity contribution in [3.05, 3.63) is 70.7 Å². The summed E-state index contributed by atoms with van der Waals surface area (Å²) in [6.07, 6.45) is 0. The van der Waals surface area contributed by atoms with Crippen molar-refractivity contribution in [1.82, 2.24) is 0 Å². The van der Waals surface area contributed by atoms with E-state index in [4.69, 9.17) is 11.6 Å². The van der Waals surface area contributed by atoms with E-state index >= 15 is 0 Å². The van der Waals surface area contributed by atoms with Crippen LogP contribution in [0.25, 0.3) is 0 Å². The summed E-state index contributed by atoms with van der Waals surface area (Å²) in [5, 5.41) is 10.5. The highest BCUT2D eigenvalue weighted by Gasteiger charge is 2.34. The fourth-order valence-corrected chi connectivity index (χ4v) is 2.99. The Balaban J connectivity index is 2.49. The SMILES string of the molecule is CC(C)(C)C(c1ccccc1)C(C#N)c1ccc(Cl)cc1. The molecule has 0 aliphatic heterocycles. The molecule has 0 aromatic heterocycles. The molecule has 0 fully saturated rings. The van der Waals surface area contributed by atoms with Crippen LogP contribution in [0.3, 0.4) is 0 Å². The van der Waals surface area contributed by atoms with Crippen molar-refractivity contribution in [3.63, 3.8) is 0 Å². The second-order valence-corrected chi connectivity index (χ2v) is 6.85. The Morgan fingerprint density at radius 2 is 1.48 bits per heavy atom. The lowest BCUT2D eigenvalue weighted by atomic mass is 9.68. The average Bonchev–Trinajstić information content (AvgIpc) is 2.45. The van der Waals surface area contributed by atoms with Gasteiger partial charge in [0.15, 0.2) is 0 Å². The Morgan fingerprint density at radius 3 is 1.95 bits per heavy atom. The molecule has 2 unspecified atom stereocenters.